The van der Waals surface area contributed by atoms with E-state index >= 15 is 0 Å². The maximum Gasteiger partial charge on any atom is 0.184 e. The zero-order valence-electron chi connectivity index (χ0n) is 7.95. The van der Waals surface area contributed by atoms with Gasteiger partial charge in [0.1, 0.15) is 6.10 Å². The van der Waals surface area contributed by atoms with Gasteiger partial charge in [0.25, 0.3) is 0 Å². The van der Waals surface area contributed by atoms with Crippen LogP contribution >= 0.6 is 0 Å². The van der Waals surface area contributed by atoms with Crippen LogP contribution in [-0.2, 0) is 9.47 Å². The molecule has 0 aromatic carbocycles. The van der Waals surface area contributed by atoms with Gasteiger partial charge in [-0.2, -0.15) is 0 Å². The van der Waals surface area contributed by atoms with E-state index in [0.29, 0.717) is 12.2 Å². The largest absolute Gasteiger partial charge is 0.346 e. The van der Waals surface area contributed by atoms with Crippen molar-refractivity contribution in [3.8, 4) is 0 Å². The molecule has 2 fully saturated rings. The third-order valence-electron chi connectivity index (χ3n) is 3.00. The molecule has 1 saturated heterocycles. The van der Waals surface area contributed by atoms with Crippen molar-refractivity contribution in [1.29, 1.82) is 0 Å². The van der Waals surface area contributed by atoms with E-state index in [1.165, 1.54) is 25.7 Å². The average molecular weight is 170 g/mol. The first-order valence-corrected chi connectivity index (χ1v) is 5.08. The summed E-state index contributed by atoms with van der Waals surface area (Å²) in [6.07, 6.45) is 6.20. The van der Waals surface area contributed by atoms with Gasteiger partial charge in [-0.05, 0) is 25.7 Å². The van der Waals surface area contributed by atoms with Crippen LogP contribution in [0.2, 0.25) is 0 Å². The molecule has 70 valence electrons. The molecule has 12 heavy (non-hydrogen) atoms. The van der Waals surface area contributed by atoms with E-state index in [4.69, 9.17) is 9.47 Å². The van der Waals surface area contributed by atoms with Crippen LogP contribution in [0, 0.1) is 5.92 Å². The van der Waals surface area contributed by atoms with Gasteiger partial charge in [-0.3, -0.25) is 0 Å². The fourth-order valence-corrected chi connectivity index (χ4v) is 1.97. The molecule has 0 radical (unpaired) electrons. The van der Waals surface area contributed by atoms with E-state index in [0.717, 1.165) is 5.92 Å². The SMILES string of the molecule is CC1CCCCC1OC1OC1C. The summed E-state index contributed by atoms with van der Waals surface area (Å²) >= 11 is 0. The minimum atomic E-state index is 0.121. The second-order valence-corrected chi connectivity index (χ2v) is 4.15. The average Bonchev–Trinajstić information content (AvgIpc) is 2.72. The van der Waals surface area contributed by atoms with E-state index in [9.17, 15) is 0 Å². The maximum absolute atomic E-state index is 5.80. The fraction of sp³-hybridized carbons (Fsp3) is 1.00. The Morgan fingerprint density at radius 3 is 2.42 bits per heavy atom. The van der Waals surface area contributed by atoms with Crippen LogP contribution in [0.15, 0.2) is 0 Å². The Hall–Kier alpha value is -0.0800. The Balaban J connectivity index is 1.77. The number of hydrogen-bond donors (Lipinski definition) is 0. The van der Waals surface area contributed by atoms with Crippen LogP contribution in [0.5, 0.6) is 0 Å². The number of rotatable bonds is 2. The molecule has 0 aromatic heterocycles. The summed E-state index contributed by atoms with van der Waals surface area (Å²) in [5.41, 5.74) is 0. The minimum absolute atomic E-state index is 0.121. The van der Waals surface area contributed by atoms with Gasteiger partial charge in [0.05, 0.1) is 6.10 Å². The van der Waals surface area contributed by atoms with Gasteiger partial charge in [-0.1, -0.05) is 19.8 Å². The smallest absolute Gasteiger partial charge is 0.184 e. The maximum atomic E-state index is 5.80. The van der Waals surface area contributed by atoms with Crippen LogP contribution in [0.3, 0.4) is 0 Å². The predicted octanol–water partition coefficient (Wildman–Crippen LogP) is 2.33. The molecular weight excluding hydrogens is 152 g/mol. The van der Waals surface area contributed by atoms with Crippen molar-refractivity contribution in [2.24, 2.45) is 5.92 Å². The van der Waals surface area contributed by atoms with E-state index in [1.54, 1.807) is 0 Å². The van der Waals surface area contributed by atoms with Gasteiger partial charge < -0.3 is 9.47 Å². The molecule has 0 amide bonds. The highest BCUT2D eigenvalue weighted by Gasteiger charge is 2.38. The van der Waals surface area contributed by atoms with Gasteiger partial charge in [0.2, 0.25) is 0 Å². The standard InChI is InChI=1S/C10H18O2/c1-7-5-3-4-6-9(7)12-10-8(2)11-10/h7-10H,3-6H2,1-2H3. The van der Waals surface area contributed by atoms with Crippen molar-refractivity contribution in [1.82, 2.24) is 0 Å². The van der Waals surface area contributed by atoms with Crippen LogP contribution in [0.4, 0.5) is 0 Å². The van der Waals surface area contributed by atoms with Gasteiger partial charge >= 0.3 is 0 Å². The molecule has 0 spiro atoms. The van der Waals surface area contributed by atoms with E-state index in [-0.39, 0.29) is 6.29 Å². The Morgan fingerprint density at radius 1 is 1.17 bits per heavy atom. The summed E-state index contributed by atoms with van der Waals surface area (Å²) in [6, 6.07) is 0. The summed E-state index contributed by atoms with van der Waals surface area (Å²) in [7, 11) is 0. The molecule has 4 atom stereocenters. The zero-order valence-corrected chi connectivity index (χ0v) is 7.95. The predicted molar refractivity (Wildman–Crippen MR) is 46.8 cm³/mol. The topological polar surface area (TPSA) is 21.8 Å². The third kappa shape index (κ3) is 1.80. The lowest BCUT2D eigenvalue weighted by atomic mass is 9.88. The third-order valence-corrected chi connectivity index (χ3v) is 3.00. The number of epoxide rings is 1. The molecule has 2 nitrogen and oxygen atoms in total. The van der Waals surface area contributed by atoms with E-state index in [2.05, 4.69) is 13.8 Å². The molecule has 1 heterocycles. The summed E-state index contributed by atoms with van der Waals surface area (Å²) in [6.45, 7) is 4.36. The van der Waals surface area contributed by atoms with Crippen molar-refractivity contribution in [2.75, 3.05) is 0 Å². The molecule has 1 aliphatic heterocycles. The fourth-order valence-electron chi connectivity index (χ4n) is 1.97. The summed E-state index contributed by atoms with van der Waals surface area (Å²) in [5.74, 6) is 0.732. The van der Waals surface area contributed by atoms with Gasteiger partial charge in [0.15, 0.2) is 6.29 Å². The molecule has 1 aliphatic carbocycles. The van der Waals surface area contributed by atoms with Crippen molar-refractivity contribution in [2.45, 2.75) is 58.0 Å². The highest BCUT2D eigenvalue weighted by atomic mass is 16.8. The van der Waals surface area contributed by atoms with Crippen molar-refractivity contribution in [3.63, 3.8) is 0 Å². The van der Waals surface area contributed by atoms with Crippen molar-refractivity contribution in [3.05, 3.63) is 0 Å². The van der Waals surface area contributed by atoms with Crippen LogP contribution < -0.4 is 0 Å². The van der Waals surface area contributed by atoms with E-state index < -0.39 is 0 Å². The molecular formula is C10H18O2. The van der Waals surface area contributed by atoms with Gasteiger partial charge in [-0.25, -0.2) is 0 Å². The van der Waals surface area contributed by atoms with Gasteiger partial charge in [0, 0.05) is 0 Å². The zero-order chi connectivity index (χ0) is 8.55. The molecule has 0 bridgehead atoms. The first-order valence-electron chi connectivity index (χ1n) is 5.08. The van der Waals surface area contributed by atoms with Gasteiger partial charge in [-0.15, -0.1) is 0 Å². The lowest BCUT2D eigenvalue weighted by Crippen LogP contribution is -2.27. The first-order chi connectivity index (χ1) is 5.77. The van der Waals surface area contributed by atoms with Crippen LogP contribution in [-0.4, -0.2) is 18.5 Å². The highest BCUT2D eigenvalue weighted by Crippen LogP contribution is 2.32. The normalized spacial score (nSPS) is 47.5. The number of hydrogen-bond acceptors (Lipinski definition) is 2. The second-order valence-electron chi connectivity index (χ2n) is 4.15. The molecule has 1 saturated carbocycles. The molecule has 2 aliphatic rings. The van der Waals surface area contributed by atoms with E-state index in [1.807, 2.05) is 0 Å². The summed E-state index contributed by atoms with van der Waals surface area (Å²) in [5, 5.41) is 0. The minimum Gasteiger partial charge on any atom is -0.346 e. The molecule has 2 heteroatoms. The Labute approximate surface area is 74.2 Å². The monoisotopic (exact) mass is 170 g/mol. The molecule has 0 N–H and O–H groups in total. The quantitative estimate of drug-likeness (QED) is 0.593. The molecule has 4 unspecified atom stereocenters. The lowest BCUT2D eigenvalue weighted by molar-refractivity contribution is -0.0532. The first kappa shape index (κ1) is 8.52. The molecule has 0 aromatic rings. The summed E-state index contributed by atoms with van der Waals surface area (Å²) in [4.78, 5) is 0. The second kappa shape index (κ2) is 3.35. The van der Waals surface area contributed by atoms with Crippen LogP contribution in [0.1, 0.15) is 39.5 Å². The Morgan fingerprint density at radius 2 is 1.83 bits per heavy atom. The Bertz CT molecular complexity index is 158. The molecule has 2 rings (SSSR count). The highest BCUT2D eigenvalue weighted by molar-refractivity contribution is 4.78. The Kier molecular flexibility index (Phi) is 2.37. The van der Waals surface area contributed by atoms with Crippen molar-refractivity contribution >= 4 is 0 Å². The van der Waals surface area contributed by atoms with Crippen LogP contribution in [0.25, 0.3) is 0 Å². The number of ether oxygens (including phenoxy) is 2. The van der Waals surface area contributed by atoms with Crippen molar-refractivity contribution < 1.29 is 9.47 Å². The lowest BCUT2D eigenvalue weighted by Gasteiger charge is -2.27. The summed E-state index contributed by atoms with van der Waals surface area (Å²) < 4.78 is 11.1.